The minimum absolute atomic E-state index is 0.00569. The highest BCUT2D eigenvalue weighted by Gasteiger charge is 2.31. The predicted molar refractivity (Wildman–Crippen MR) is 116 cm³/mol. The second kappa shape index (κ2) is 10.2. The van der Waals surface area contributed by atoms with Crippen molar-refractivity contribution in [2.75, 3.05) is 13.1 Å². The van der Waals surface area contributed by atoms with Gasteiger partial charge in [-0.2, -0.15) is 0 Å². The van der Waals surface area contributed by atoms with Gasteiger partial charge in [0.25, 0.3) is 0 Å². The average Bonchev–Trinajstić information content (AvgIpc) is 2.74. The van der Waals surface area contributed by atoms with Crippen molar-refractivity contribution < 1.29 is 17.6 Å². The summed E-state index contributed by atoms with van der Waals surface area (Å²) in [5.41, 5.74) is 1.81. The van der Waals surface area contributed by atoms with Gasteiger partial charge < -0.3 is 5.32 Å². The molecule has 0 unspecified atom stereocenters. The first-order valence-corrected chi connectivity index (χ1v) is 12.0. The first-order valence-electron chi connectivity index (χ1n) is 10.4. The zero-order chi connectivity index (χ0) is 21.6. The number of rotatable bonds is 8. The van der Waals surface area contributed by atoms with E-state index >= 15 is 0 Å². The fourth-order valence-electron chi connectivity index (χ4n) is 3.74. The van der Waals surface area contributed by atoms with Gasteiger partial charge in [0.15, 0.2) is 0 Å². The molecule has 1 fully saturated rings. The molecule has 0 aliphatic carbocycles. The largest absolute Gasteiger partial charge is 0.353 e. The highest BCUT2D eigenvalue weighted by atomic mass is 32.2. The molecule has 1 N–H and O–H groups in total. The minimum Gasteiger partial charge on any atom is -0.353 e. The van der Waals surface area contributed by atoms with Crippen molar-refractivity contribution in [1.29, 1.82) is 0 Å². The van der Waals surface area contributed by atoms with Gasteiger partial charge in [-0.15, -0.1) is 0 Å². The van der Waals surface area contributed by atoms with Gasteiger partial charge in [0.05, 0.1) is 5.75 Å². The Hall–Kier alpha value is -2.25. The summed E-state index contributed by atoms with van der Waals surface area (Å²) in [6.07, 6.45) is 2.79. The molecule has 5 nitrogen and oxygen atoms in total. The van der Waals surface area contributed by atoms with Crippen LogP contribution in [0.2, 0.25) is 0 Å². The monoisotopic (exact) mass is 432 g/mol. The summed E-state index contributed by atoms with van der Waals surface area (Å²) >= 11 is 0. The van der Waals surface area contributed by atoms with Crippen molar-refractivity contribution in [3.05, 3.63) is 71.5 Å². The summed E-state index contributed by atoms with van der Waals surface area (Å²) in [7, 11) is -3.48. The third kappa shape index (κ3) is 6.37. The van der Waals surface area contributed by atoms with Crippen molar-refractivity contribution in [2.24, 2.45) is 5.92 Å². The number of piperidine rings is 1. The summed E-state index contributed by atoms with van der Waals surface area (Å²) in [6.45, 7) is 2.67. The van der Waals surface area contributed by atoms with Gasteiger partial charge in [0.1, 0.15) is 5.82 Å². The van der Waals surface area contributed by atoms with Crippen LogP contribution in [-0.4, -0.2) is 37.8 Å². The molecule has 1 heterocycles. The number of carbonyl (C=O) groups excluding carboxylic acids is 1. The Kier molecular flexibility index (Phi) is 7.61. The van der Waals surface area contributed by atoms with Crippen molar-refractivity contribution in [3.63, 3.8) is 0 Å². The Morgan fingerprint density at radius 1 is 1.07 bits per heavy atom. The maximum absolute atomic E-state index is 13.0. The topological polar surface area (TPSA) is 66.5 Å². The van der Waals surface area contributed by atoms with Gasteiger partial charge in [-0.25, -0.2) is 17.1 Å². The number of halogens is 1. The second-order valence-corrected chi connectivity index (χ2v) is 9.96. The van der Waals surface area contributed by atoms with Gasteiger partial charge >= 0.3 is 0 Å². The summed E-state index contributed by atoms with van der Waals surface area (Å²) in [5, 5.41) is 3.08. The van der Waals surface area contributed by atoms with E-state index in [9.17, 15) is 17.6 Å². The predicted octanol–water partition coefficient (Wildman–Crippen LogP) is 3.51. The molecule has 1 aliphatic rings. The molecule has 0 aromatic heterocycles. The van der Waals surface area contributed by atoms with E-state index in [1.54, 1.807) is 0 Å². The lowest BCUT2D eigenvalue weighted by Crippen LogP contribution is -2.45. The van der Waals surface area contributed by atoms with Crippen LogP contribution in [0.15, 0.2) is 54.6 Å². The molecule has 30 heavy (non-hydrogen) atoms. The van der Waals surface area contributed by atoms with E-state index < -0.39 is 10.0 Å². The summed E-state index contributed by atoms with van der Waals surface area (Å²) in [5.74, 6) is -0.700. The first kappa shape index (κ1) is 22.4. The highest BCUT2D eigenvalue weighted by Crippen LogP contribution is 2.22. The molecule has 0 radical (unpaired) electrons. The number of sulfonamides is 1. The number of nitrogens with one attached hydrogen (secondary N) is 1. The summed E-state index contributed by atoms with van der Waals surface area (Å²) in [6, 6.07) is 15.7. The molecule has 0 bridgehead atoms. The standard InChI is InChI=1S/C23H29FN2O3S/c1-18(7-8-19-5-3-2-4-6-19)25-23(27)21-13-15-26(16-14-21)30(28,29)17-20-9-11-22(24)12-10-20/h2-6,9-12,18,21H,7-8,13-17H2,1H3,(H,25,27)/t18-/m0/s1. The second-order valence-electron chi connectivity index (χ2n) is 7.99. The number of amides is 1. The Morgan fingerprint density at radius 3 is 2.33 bits per heavy atom. The Labute approximate surface area is 178 Å². The van der Waals surface area contributed by atoms with E-state index in [1.807, 2.05) is 25.1 Å². The van der Waals surface area contributed by atoms with Crippen LogP contribution in [0.4, 0.5) is 4.39 Å². The van der Waals surface area contributed by atoms with Crippen molar-refractivity contribution in [3.8, 4) is 0 Å². The highest BCUT2D eigenvalue weighted by molar-refractivity contribution is 7.88. The zero-order valence-electron chi connectivity index (χ0n) is 17.3. The van der Waals surface area contributed by atoms with E-state index in [4.69, 9.17) is 0 Å². The summed E-state index contributed by atoms with van der Waals surface area (Å²) in [4.78, 5) is 12.6. The smallest absolute Gasteiger partial charge is 0.223 e. The van der Waals surface area contributed by atoms with Crippen LogP contribution in [0.25, 0.3) is 0 Å². The summed E-state index contributed by atoms with van der Waals surface area (Å²) < 4.78 is 39.8. The van der Waals surface area contributed by atoms with Crippen LogP contribution in [0.1, 0.15) is 37.3 Å². The Balaban J connectivity index is 1.44. The number of hydrogen-bond donors (Lipinski definition) is 1. The molecule has 2 aromatic carbocycles. The minimum atomic E-state index is -3.48. The van der Waals surface area contributed by atoms with Crippen LogP contribution < -0.4 is 5.32 Å². The van der Waals surface area contributed by atoms with Crippen molar-refractivity contribution >= 4 is 15.9 Å². The lowest BCUT2D eigenvalue weighted by Gasteiger charge is -2.31. The van der Waals surface area contributed by atoms with Crippen LogP contribution in [0, 0.1) is 11.7 Å². The van der Waals surface area contributed by atoms with Gasteiger partial charge in [-0.3, -0.25) is 4.79 Å². The van der Waals surface area contributed by atoms with Crippen LogP contribution in [0.5, 0.6) is 0 Å². The Bertz CT molecular complexity index is 925. The molecule has 0 spiro atoms. The van der Waals surface area contributed by atoms with Crippen LogP contribution >= 0.6 is 0 Å². The van der Waals surface area contributed by atoms with Crippen LogP contribution in [-0.2, 0) is 27.0 Å². The molecular weight excluding hydrogens is 403 g/mol. The Morgan fingerprint density at radius 2 is 1.70 bits per heavy atom. The van der Waals surface area contributed by atoms with E-state index in [0.717, 1.165) is 12.8 Å². The van der Waals surface area contributed by atoms with Gasteiger partial charge in [-0.05, 0) is 55.9 Å². The number of carbonyl (C=O) groups is 1. The van der Waals surface area contributed by atoms with E-state index in [1.165, 1.54) is 34.1 Å². The fourth-order valence-corrected chi connectivity index (χ4v) is 5.30. The molecule has 7 heteroatoms. The molecule has 2 aromatic rings. The lowest BCUT2D eigenvalue weighted by atomic mass is 9.96. The van der Waals surface area contributed by atoms with Crippen LogP contribution in [0.3, 0.4) is 0 Å². The third-order valence-corrected chi connectivity index (χ3v) is 7.43. The van der Waals surface area contributed by atoms with Gasteiger partial charge in [0, 0.05) is 25.0 Å². The maximum Gasteiger partial charge on any atom is 0.223 e. The SMILES string of the molecule is C[C@@H](CCc1ccccc1)NC(=O)C1CCN(S(=O)(=O)Cc2ccc(F)cc2)CC1. The lowest BCUT2D eigenvalue weighted by molar-refractivity contribution is -0.126. The normalized spacial score (nSPS) is 16.9. The van der Waals surface area contributed by atoms with Crippen molar-refractivity contribution in [1.82, 2.24) is 9.62 Å². The van der Waals surface area contributed by atoms with E-state index in [2.05, 4.69) is 17.4 Å². The van der Waals surface area contributed by atoms with E-state index in [0.29, 0.717) is 31.5 Å². The number of aryl methyl sites for hydroxylation is 1. The fraction of sp³-hybridized carbons (Fsp3) is 0.435. The molecule has 1 saturated heterocycles. The first-order chi connectivity index (χ1) is 14.3. The molecule has 1 amide bonds. The maximum atomic E-state index is 13.0. The third-order valence-electron chi connectivity index (χ3n) is 5.58. The molecule has 0 saturated carbocycles. The molecule has 1 aliphatic heterocycles. The molecule has 3 rings (SSSR count). The average molecular weight is 433 g/mol. The van der Waals surface area contributed by atoms with Gasteiger partial charge in [0.2, 0.25) is 15.9 Å². The molecule has 1 atom stereocenters. The number of benzene rings is 2. The zero-order valence-corrected chi connectivity index (χ0v) is 18.1. The number of hydrogen-bond acceptors (Lipinski definition) is 3. The van der Waals surface area contributed by atoms with Gasteiger partial charge in [-0.1, -0.05) is 42.5 Å². The van der Waals surface area contributed by atoms with E-state index in [-0.39, 0.29) is 29.4 Å². The molecular formula is C23H29FN2O3S. The quantitative estimate of drug-likeness (QED) is 0.694. The van der Waals surface area contributed by atoms with Crippen molar-refractivity contribution in [2.45, 2.75) is 44.4 Å². The molecule has 162 valence electrons. The number of nitrogens with zero attached hydrogens (tertiary/aromatic N) is 1.